The lowest BCUT2D eigenvalue weighted by Crippen LogP contribution is -2.07. The molecule has 0 radical (unpaired) electrons. The number of hydrogen-bond acceptors (Lipinski definition) is 1. The molecule has 1 heteroatoms. The Kier molecular flexibility index (Phi) is 7.36. The molecule has 0 saturated carbocycles. The molecule has 0 bridgehead atoms. The maximum atomic E-state index is 5.04. The van der Waals surface area contributed by atoms with Gasteiger partial charge in [-0.15, -0.1) is 0 Å². The number of aliphatic imine (C=N–C) groups is 1. The van der Waals surface area contributed by atoms with Gasteiger partial charge in [-0.25, -0.2) is 4.99 Å². The Morgan fingerprint density at radius 2 is 1.85 bits per heavy atom. The first kappa shape index (κ1) is 20.9. The summed E-state index contributed by atoms with van der Waals surface area (Å²) >= 11 is 0. The van der Waals surface area contributed by atoms with Gasteiger partial charge in [0.2, 0.25) is 0 Å². The summed E-state index contributed by atoms with van der Waals surface area (Å²) in [5.74, 6) is 0.462. The molecule has 1 nitrogen and oxygen atoms in total. The van der Waals surface area contributed by atoms with Gasteiger partial charge in [-0.05, 0) is 91.2 Å². The van der Waals surface area contributed by atoms with Crippen LogP contribution in [0.1, 0.15) is 58.6 Å². The Morgan fingerprint density at radius 3 is 2.44 bits per heavy atom. The smallest absolute Gasteiger partial charge is 0.0675 e. The maximum absolute atomic E-state index is 5.04. The number of benzene rings is 1. The minimum Gasteiger partial charge on any atom is -0.248 e. The Morgan fingerprint density at radius 1 is 1.15 bits per heavy atom. The molecule has 0 spiro atoms. The van der Waals surface area contributed by atoms with E-state index in [0.29, 0.717) is 5.92 Å². The van der Waals surface area contributed by atoms with Crippen LogP contribution in [0.3, 0.4) is 0 Å². The van der Waals surface area contributed by atoms with Crippen molar-refractivity contribution in [2.75, 3.05) is 0 Å². The highest BCUT2D eigenvalue weighted by atomic mass is 14.8. The van der Waals surface area contributed by atoms with Crippen LogP contribution < -0.4 is 0 Å². The van der Waals surface area contributed by atoms with Crippen LogP contribution in [-0.2, 0) is 0 Å². The van der Waals surface area contributed by atoms with E-state index in [4.69, 9.17) is 4.99 Å². The lowest BCUT2D eigenvalue weighted by molar-refractivity contribution is 0.682. The lowest BCUT2D eigenvalue weighted by Gasteiger charge is -2.14. The van der Waals surface area contributed by atoms with E-state index in [1.807, 2.05) is 6.08 Å². The first-order valence-corrected chi connectivity index (χ1v) is 10.00. The summed E-state index contributed by atoms with van der Waals surface area (Å²) in [7, 11) is 0. The zero-order valence-electron chi connectivity index (χ0n) is 17.8. The highest BCUT2D eigenvalue weighted by Crippen LogP contribution is 2.30. The summed E-state index contributed by atoms with van der Waals surface area (Å²) in [6.45, 7) is 17.0. The highest BCUT2D eigenvalue weighted by Gasteiger charge is 2.19. The summed E-state index contributed by atoms with van der Waals surface area (Å²) in [4.78, 5) is 5.04. The second-order valence-corrected chi connectivity index (χ2v) is 7.39. The summed E-state index contributed by atoms with van der Waals surface area (Å²) in [5, 5.41) is 0. The van der Waals surface area contributed by atoms with E-state index in [9.17, 15) is 0 Å². The fraction of sp³-hybridized carbons (Fsp3) is 0.346. The molecule has 1 aromatic carbocycles. The van der Waals surface area contributed by atoms with Gasteiger partial charge >= 0.3 is 0 Å². The van der Waals surface area contributed by atoms with Crippen molar-refractivity contribution in [3.8, 4) is 0 Å². The molecule has 1 aliphatic heterocycles. The van der Waals surface area contributed by atoms with Crippen molar-refractivity contribution in [2.24, 2.45) is 10.9 Å². The van der Waals surface area contributed by atoms with Crippen molar-refractivity contribution < 1.29 is 0 Å². The van der Waals surface area contributed by atoms with Crippen molar-refractivity contribution in [2.45, 2.75) is 54.4 Å². The van der Waals surface area contributed by atoms with Crippen LogP contribution in [0, 0.1) is 12.8 Å². The zero-order valence-corrected chi connectivity index (χ0v) is 17.8. The van der Waals surface area contributed by atoms with Crippen LogP contribution in [0.25, 0.3) is 6.08 Å². The van der Waals surface area contributed by atoms with Crippen molar-refractivity contribution in [1.29, 1.82) is 0 Å². The number of nitrogens with zero attached hydrogens (tertiary/aromatic N) is 1. The van der Waals surface area contributed by atoms with Gasteiger partial charge in [0, 0.05) is 0 Å². The molecule has 142 valence electrons. The Balaban J connectivity index is 2.55. The third-order valence-corrected chi connectivity index (χ3v) is 5.48. The first-order valence-electron chi connectivity index (χ1n) is 10.00. The highest BCUT2D eigenvalue weighted by molar-refractivity contribution is 6.14. The van der Waals surface area contributed by atoms with E-state index in [-0.39, 0.29) is 0 Å². The van der Waals surface area contributed by atoms with Crippen LogP contribution in [-0.4, -0.2) is 5.71 Å². The van der Waals surface area contributed by atoms with Gasteiger partial charge in [-0.1, -0.05) is 57.7 Å². The topological polar surface area (TPSA) is 12.4 Å². The van der Waals surface area contributed by atoms with Crippen molar-refractivity contribution >= 4 is 11.8 Å². The van der Waals surface area contributed by atoms with Crippen molar-refractivity contribution in [1.82, 2.24) is 0 Å². The van der Waals surface area contributed by atoms with Crippen LogP contribution in [0.15, 0.2) is 82.1 Å². The molecule has 27 heavy (non-hydrogen) atoms. The number of rotatable bonds is 7. The first-order chi connectivity index (χ1) is 12.9. The lowest BCUT2D eigenvalue weighted by atomic mass is 9.91. The van der Waals surface area contributed by atoms with E-state index in [0.717, 1.165) is 24.3 Å². The van der Waals surface area contributed by atoms with E-state index in [2.05, 4.69) is 90.6 Å². The third-order valence-electron chi connectivity index (χ3n) is 5.48. The monoisotopic (exact) mass is 359 g/mol. The summed E-state index contributed by atoms with van der Waals surface area (Å²) in [6, 6.07) is 8.56. The van der Waals surface area contributed by atoms with Crippen molar-refractivity contribution in [3.05, 3.63) is 88.2 Å². The van der Waals surface area contributed by atoms with Gasteiger partial charge in [-0.3, -0.25) is 0 Å². The summed E-state index contributed by atoms with van der Waals surface area (Å²) < 4.78 is 0. The molecule has 0 aliphatic carbocycles. The van der Waals surface area contributed by atoms with Gasteiger partial charge < -0.3 is 0 Å². The Bertz CT molecular complexity index is 856. The fourth-order valence-corrected chi connectivity index (χ4v) is 3.11. The molecular formula is C26H33N. The van der Waals surface area contributed by atoms with Gasteiger partial charge in [0.05, 0.1) is 11.4 Å². The largest absolute Gasteiger partial charge is 0.248 e. The number of hydrogen-bond donors (Lipinski definition) is 0. The number of allylic oxidation sites excluding steroid dienone is 7. The second-order valence-electron chi connectivity index (χ2n) is 7.39. The minimum absolute atomic E-state index is 0.462. The molecule has 0 fully saturated rings. The van der Waals surface area contributed by atoms with Gasteiger partial charge in [0.1, 0.15) is 0 Å². The third kappa shape index (κ3) is 5.07. The summed E-state index contributed by atoms with van der Waals surface area (Å²) in [5.41, 5.74) is 9.82. The molecule has 0 aromatic heterocycles. The normalized spacial score (nSPS) is 18.1. The molecule has 1 heterocycles. The standard InChI is InChI=1S/C26H33N/c1-8-18(4)21(7)15-25-22(10-3)17-26(27-25)24(19(5)9-2)16-23-14-12-11-13-20(23)6/h8,11-17,19H,1,9-10H2,2-7H3/b21-18+,24-16+,25-15-. The van der Waals surface area contributed by atoms with Gasteiger partial charge in [0.25, 0.3) is 0 Å². The van der Waals surface area contributed by atoms with E-state index < -0.39 is 0 Å². The van der Waals surface area contributed by atoms with Crippen LogP contribution >= 0.6 is 0 Å². The average molecular weight is 360 g/mol. The molecule has 0 N–H and O–H groups in total. The average Bonchev–Trinajstić information content (AvgIpc) is 3.08. The predicted molar refractivity (Wildman–Crippen MR) is 121 cm³/mol. The molecule has 2 rings (SSSR count). The molecule has 0 amide bonds. The maximum Gasteiger partial charge on any atom is 0.0675 e. The predicted octanol–water partition coefficient (Wildman–Crippen LogP) is 7.62. The van der Waals surface area contributed by atoms with E-state index in [1.165, 1.54) is 33.4 Å². The van der Waals surface area contributed by atoms with E-state index >= 15 is 0 Å². The Labute approximate surface area is 165 Å². The zero-order chi connectivity index (χ0) is 20.0. The molecular weight excluding hydrogens is 326 g/mol. The molecule has 1 unspecified atom stereocenters. The van der Waals surface area contributed by atoms with E-state index in [1.54, 1.807) is 0 Å². The molecule has 1 aromatic rings. The van der Waals surface area contributed by atoms with Crippen LogP contribution in [0.5, 0.6) is 0 Å². The fourth-order valence-electron chi connectivity index (χ4n) is 3.11. The van der Waals surface area contributed by atoms with Gasteiger partial charge in [-0.2, -0.15) is 0 Å². The summed E-state index contributed by atoms with van der Waals surface area (Å²) in [6.07, 6.45) is 10.8. The number of aryl methyl sites for hydroxylation is 1. The van der Waals surface area contributed by atoms with Crippen LogP contribution in [0.4, 0.5) is 0 Å². The van der Waals surface area contributed by atoms with Crippen molar-refractivity contribution in [3.63, 3.8) is 0 Å². The minimum atomic E-state index is 0.462. The quantitative estimate of drug-likeness (QED) is 0.444. The second kappa shape index (κ2) is 9.50. The SMILES string of the molecule is C=C/C(C)=C(C)/C=C1N=C(/C(=C/c2ccccc2C)C(C)CC)C=C\1CC. The van der Waals surface area contributed by atoms with Gasteiger partial charge in [0.15, 0.2) is 0 Å². The Hall–Kier alpha value is -2.41. The molecule has 1 aliphatic rings. The molecule has 0 saturated heterocycles. The molecule has 1 atom stereocenters. The van der Waals surface area contributed by atoms with Crippen LogP contribution in [0.2, 0.25) is 0 Å².